The van der Waals surface area contributed by atoms with Crippen molar-refractivity contribution in [1.29, 1.82) is 0 Å². The predicted octanol–water partition coefficient (Wildman–Crippen LogP) is -0.130. The van der Waals surface area contributed by atoms with E-state index in [4.69, 9.17) is 4.74 Å². The highest BCUT2D eigenvalue weighted by atomic mass is 16.5. The van der Waals surface area contributed by atoms with Crippen LogP contribution in [0.4, 0.5) is 10.5 Å². The summed E-state index contributed by atoms with van der Waals surface area (Å²) in [5.41, 5.74) is 0.643. The van der Waals surface area contributed by atoms with Crippen LogP contribution in [0.15, 0.2) is 24.3 Å². The number of benzene rings is 1. The smallest absolute Gasteiger partial charge is 0.321 e. The molecule has 2 heterocycles. The fourth-order valence-electron chi connectivity index (χ4n) is 2.80. The number of hydrogen-bond acceptors (Lipinski definition) is 4. The lowest BCUT2D eigenvalue weighted by atomic mass is 10.1. The molecule has 8 heteroatoms. The average Bonchev–Trinajstić information content (AvgIpc) is 2.58. The first kappa shape index (κ1) is 15.1. The number of nitrogens with one attached hydrogen (secondary N) is 2. The number of nitrogens with zero attached hydrogens (tertiary/aromatic N) is 2. The molecule has 2 saturated heterocycles. The Bertz CT molecular complexity index is 648. The van der Waals surface area contributed by atoms with E-state index in [9.17, 15) is 14.4 Å². The van der Waals surface area contributed by atoms with Crippen molar-refractivity contribution < 1.29 is 19.1 Å². The second-order valence-corrected chi connectivity index (χ2v) is 5.47. The summed E-state index contributed by atoms with van der Waals surface area (Å²) in [5, 5.41) is 5.37. The highest BCUT2D eigenvalue weighted by Crippen LogP contribution is 2.18. The topological polar surface area (TPSA) is 91.0 Å². The Morgan fingerprint density at radius 1 is 1.35 bits per heavy atom. The molecule has 0 saturated carbocycles. The SMILES string of the molecule is COc1cccc(NC(=O)N2CCN3C(=O)C(=O)NC[C@@H]3C2)c1. The number of methoxy groups -OCH3 is 1. The number of ether oxygens (including phenoxy) is 1. The maximum atomic E-state index is 12.4. The monoisotopic (exact) mass is 318 g/mol. The molecule has 23 heavy (non-hydrogen) atoms. The number of carbonyl (C=O) groups is 3. The fraction of sp³-hybridized carbons (Fsp3) is 0.400. The number of amides is 4. The van der Waals surface area contributed by atoms with Gasteiger partial charge in [0, 0.05) is 37.9 Å². The largest absolute Gasteiger partial charge is 0.497 e. The van der Waals surface area contributed by atoms with Gasteiger partial charge in [-0.2, -0.15) is 0 Å². The molecule has 8 nitrogen and oxygen atoms in total. The summed E-state index contributed by atoms with van der Waals surface area (Å²) in [7, 11) is 1.56. The van der Waals surface area contributed by atoms with Crippen LogP contribution in [0.3, 0.4) is 0 Å². The summed E-state index contributed by atoms with van der Waals surface area (Å²) in [4.78, 5) is 38.7. The summed E-state index contributed by atoms with van der Waals surface area (Å²) in [5.74, 6) is -0.433. The zero-order valence-corrected chi connectivity index (χ0v) is 12.7. The fourth-order valence-corrected chi connectivity index (χ4v) is 2.80. The summed E-state index contributed by atoms with van der Waals surface area (Å²) in [6, 6.07) is 6.69. The standard InChI is InChI=1S/C15H18N4O4/c1-23-12-4-2-3-10(7-12)17-15(22)18-5-6-19-11(9-18)8-16-13(20)14(19)21/h2-4,7,11H,5-6,8-9H2,1H3,(H,16,20)(H,17,22)/t11-/m1/s1. The van der Waals surface area contributed by atoms with E-state index in [-0.39, 0.29) is 12.1 Å². The van der Waals surface area contributed by atoms with E-state index in [1.165, 1.54) is 4.90 Å². The van der Waals surface area contributed by atoms with Crippen LogP contribution in [0.25, 0.3) is 0 Å². The molecular weight excluding hydrogens is 300 g/mol. The van der Waals surface area contributed by atoms with E-state index >= 15 is 0 Å². The first-order valence-electron chi connectivity index (χ1n) is 7.37. The molecule has 1 aromatic rings. The highest BCUT2D eigenvalue weighted by molar-refractivity contribution is 6.35. The molecule has 1 atom stereocenters. The number of rotatable bonds is 2. The van der Waals surface area contributed by atoms with Gasteiger partial charge in [-0.05, 0) is 12.1 Å². The van der Waals surface area contributed by atoms with Gasteiger partial charge in [0.2, 0.25) is 0 Å². The molecule has 3 rings (SSSR count). The van der Waals surface area contributed by atoms with Gasteiger partial charge in [0.15, 0.2) is 0 Å². The Morgan fingerprint density at radius 3 is 2.96 bits per heavy atom. The van der Waals surface area contributed by atoms with E-state index in [2.05, 4.69) is 10.6 Å². The zero-order chi connectivity index (χ0) is 16.4. The Morgan fingerprint density at radius 2 is 2.17 bits per heavy atom. The summed E-state index contributed by atoms with van der Waals surface area (Å²) in [6.07, 6.45) is 0. The molecule has 0 aliphatic carbocycles. The lowest BCUT2D eigenvalue weighted by Gasteiger charge is -2.43. The van der Waals surface area contributed by atoms with Gasteiger partial charge in [-0.15, -0.1) is 0 Å². The molecule has 2 fully saturated rings. The number of fused-ring (bicyclic) bond motifs is 1. The van der Waals surface area contributed by atoms with Crippen molar-refractivity contribution in [2.24, 2.45) is 0 Å². The van der Waals surface area contributed by atoms with Crippen LogP contribution in [0, 0.1) is 0 Å². The Hall–Kier alpha value is -2.77. The summed E-state index contributed by atoms with van der Waals surface area (Å²) < 4.78 is 5.13. The Labute approximate surface area is 133 Å². The van der Waals surface area contributed by atoms with Gasteiger partial charge in [0.25, 0.3) is 0 Å². The lowest BCUT2D eigenvalue weighted by molar-refractivity contribution is -0.152. The molecule has 0 radical (unpaired) electrons. The third-order valence-electron chi connectivity index (χ3n) is 4.04. The van der Waals surface area contributed by atoms with Crippen LogP contribution in [-0.4, -0.2) is 67.0 Å². The van der Waals surface area contributed by atoms with Crippen molar-refractivity contribution >= 4 is 23.5 Å². The van der Waals surface area contributed by atoms with E-state index in [1.54, 1.807) is 36.3 Å². The molecular formula is C15H18N4O4. The lowest BCUT2D eigenvalue weighted by Crippen LogP contribution is -2.66. The number of anilines is 1. The maximum Gasteiger partial charge on any atom is 0.321 e. The molecule has 2 aliphatic rings. The molecule has 0 unspecified atom stereocenters. The first-order valence-corrected chi connectivity index (χ1v) is 7.37. The number of carbonyl (C=O) groups excluding carboxylic acids is 3. The van der Waals surface area contributed by atoms with Crippen molar-refractivity contribution in [2.75, 3.05) is 38.6 Å². The minimum Gasteiger partial charge on any atom is -0.497 e. The molecule has 0 spiro atoms. The van der Waals surface area contributed by atoms with Crippen molar-refractivity contribution in [1.82, 2.24) is 15.1 Å². The van der Waals surface area contributed by atoms with Crippen LogP contribution in [0.1, 0.15) is 0 Å². The minimum atomic E-state index is -0.574. The van der Waals surface area contributed by atoms with Gasteiger partial charge in [0.1, 0.15) is 5.75 Å². The zero-order valence-electron chi connectivity index (χ0n) is 12.7. The molecule has 2 aliphatic heterocycles. The van der Waals surface area contributed by atoms with Gasteiger partial charge in [0.05, 0.1) is 13.2 Å². The van der Waals surface area contributed by atoms with E-state index in [0.29, 0.717) is 37.6 Å². The number of hydrogen-bond donors (Lipinski definition) is 2. The minimum absolute atomic E-state index is 0.176. The van der Waals surface area contributed by atoms with Crippen molar-refractivity contribution in [2.45, 2.75) is 6.04 Å². The van der Waals surface area contributed by atoms with Gasteiger partial charge in [-0.1, -0.05) is 6.07 Å². The molecule has 2 N–H and O–H groups in total. The first-order chi connectivity index (χ1) is 11.1. The van der Waals surface area contributed by atoms with Crippen LogP contribution >= 0.6 is 0 Å². The molecule has 1 aromatic carbocycles. The van der Waals surface area contributed by atoms with Crippen molar-refractivity contribution in [3.63, 3.8) is 0 Å². The van der Waals surface area contributed by atoms with E-state index < -0.39 is 11.8 Å². The Kier molecular flexibility index (Phi) is 4.05. The molecule has 0 aromatic heterocycles. The van der Waals surface area contributed by atoms with Crippen LogP contribution in [0.5, 0.6) is 5.75 Å². The van der Waals surface area contributed by atoms with Crippen molar-refractivity contribution in [3.8, 4) is 5.75 Å². The molecule has 4 amide bonds. The predicted molar refractivity (Wildman–Crippen MR) is 82.1 cm³/mol. The van der Waals surface area contributed by atoms with Crippen LogP contribution in [0.2, 0.25) is 0 Å². The normalized spacial score (nSPS) is 20.7. The third-order valence-corrected chi connectivity index (χ3v) is 4.04. The second kappa shape index (κ2) is 6.15. The summed E-state index contributed by atoms with van der Waals surface area (Å²) in [6.45, 7) is 1.52. The van der Waals surface area contributed by atoms with Gasteiger partial charge in [-0.3, -0.25) is 9.59 Å². The second-order valence-electron chi connectivity index (χ2n) is 5.47. The summed E-state index contributed by atoms with van der Waals surface area (Å²) >= 11 is 0. The van der Waals surface area contributed by atoms with Gasteiger partial charge in [-0.25, -0.2) is 4.79 Å². The van der Waals surface area contributed by atoms with Gasteiger partial charge < -0.3 is 25.2 Å². The van der Waals surface area contributed by atoms with Crippen LogP contribution < -0.4 is 15.4 Å². The molecule has 122 valence electrons. The quantitative estimate of drug-likeness (QED) is 0.743. The Balaban J connectivity index is 1.63. The molecule has 0 bridgehead atoms. The van der Waals surface area contributed by atoms with Gasteiger partial charge >= 0.3 is 17.8 Å². The highest BCUT2D eigenvalue weighted by Gasteiger charge is 2.38. The number of piperazine rings is 2. The average molecular weight is 318 g/mol. The van der Waals surface area contributed by atoms with Crippen LogP contribution in [-0.2, 0) is 9.59 Å². The van der Waals surface area contributed by atoms with E-state index in [0.717, 1.165) is 0 Å². The third kappa shape index (κ3) is 3.05. The van der Waals surface area contributed by atoms with Crippen molar-refractivity contribution in [3.05, 3.63) is 24.3 Å². The number of urea groups is 1. The van der Waals surface area contributed by atoms with E-state index in [1.807, 2.05) is 0 Å². The maximum absolute atomic E-state index is 12.4.